The van der Waals surface area contributed by atoms with Crippen molar-refractivity contribution in [3.63, 3.8) is 0 Å². The van der Waals surface area contributed by atoms with Crippen LogP contribution in [0, 0.1) is 0 Å². The minimum Gasteiger partial charge on any atom is -0.508 e. The van der Waals surface area contributed by atoms with Gasteiger partial charge in [0.15, 0.2) is 0 Å². The third-order valence-electron chi connectivity index (χ3n) is 2.42. The lowest BCUT2D eigenvalue weighted by atomic mass is 10.0. The van der Waals surface area contributed by atoms with Crippen LogP contribution in [0.4, 0.5) is 0 Å². The predicted molar refractivity (Wildman–Crippen MR) is 68.3 cm³/mol. The number of rotatable bonds is 6. The molecule has 0 aliphatic carbocycles. The zero-order valence-electron chi connectivity index (χ0n) is 9.93. The molecule has 1 aromatic rings. The molecule has 0 aliphatic heterocycles. The summed E-state index contributed by atoms with van der Waals surface area (Å²) in [7, 11) is 0. The molecule has 18 heavy (non-hydrogen) atoms. The Balaban J connectivity index is 2.74. The molecule has 0 bridgehead atoms. The first kappa shape index (κ1) is 13.8. The molecule has 5 nitrogen and oxygen atoms in total. The highest BCUT2D eigenvalue weighted by atomic mass is 16.3. The highest BCUT2D eigenvalue weighted by Crippen LogP contribution is 2.15. The number of primary amides is 2. The maximum atomic E-state index is 11.2. The predicted octanol–water partition coefficient (Wildman–Crippen LogP) is 0.916. The molecule has 0 unspecified atom stereocenters. The van der Waals surface area contributed by atoms with Gasteiger partial charge >= 0.3 is 0 Å². The van der Waals surface area contributed by atoms with Crippen molar-refractivity contribution in [1.82, 2.24) is 0 Å². The number of phenols is 1. The summed E-state index contributed by atoms with van der Waals surface area (Å²) in [6.45, 7) is 0. The second-order valence-electron chi connectivity index (χ2n) is 3.95. The van der Waals surface area contributed by atoms with E-state index in [0.717, 1.165) is 5.56 Å². The summed E-state index contributed by atoms with van der Waals surface area (Å²) in [6.07, 6.45) is 2.75. The van der Waals surface area contributed by atoms with Crippen molar-refractivity contribution in [1.29, 1.82) is 0 Å². The van der Waals surface area contributed by atoms with Crippen molar-refractivity contribution >= 4 is 17.9 Å². The van der Waals surface area contributed by atoms with Gasteiger partial charge in [-0.05, 0) is 36.6 Å². The Labute approximate surface area is 105 Å². The second kappa shape index (κ2) is 6.44. The van der Waals surface area contributed by atoms with E-state index in [1.165, 1.54) is 12.1 Å². The number of hydrogen-bond acceptors (Lipinski definition) is 3. The van der Waals surface area contributed by atoms with E-state index in [2.05, 4.69) is 0 Å². The third-order valence-corrected chi connectivity index (χ3v) is 2.42. The third kappa shape index (κ3) is 4.69. The summed E-state index contributed by atoms with van der Waals surface area (Å²) in [5.41, 5.74) is 11.5. The van der Waals surface area contributed by atoms with Gasteiger partial charge in [-0.25, -0.2) is 0 Å². The summed E-state index contributed by atoms with van der Waals surface area (Å²) in [4.78, 5) is 21.8. The van der Waals surface area contributed by atoms with E-state index in [1.807, 2.05) is 0 Å². The Morgan fingerprint density at radius 3 is 2.22 bits per heavy atom. The smallest absolute Gasteiger partial charge is 0.244 e. The molecule has 0 aliphatic rings. The molecule has 2 amide bonds. The molecular weight excluding hydrogens is 232 g/mol. The number of carbonyl (C=O) groups excluding carboxylic acids is 2. The number of phenolic OH excluding ortho intramolecular Hbond substituents is 1. The fraction of sp³-hybridized carbons (Fsp3) is 0.231. The highest BCUT2D eigenvalue weighted by Gasteiger charge is 2.06. The van der Waals surface area contributed by atoms with Crippen LogP contribution in [0.3, 0.4) is 0 Å². The van der Waals surface area contributed by atoms with Crippen molar-refractivity contribution in [3.05, 3.63) is 35.4 Å². The van der Waals surface area contributed by atoms with E-state index in [9.17, 15) is 9.59 Å². The van der Waals surface area contributed by atoms with Crippen LogP contribution in [-0.4, -0.2) is 16.9 Å². The van der Waals surface area contributed by atoms with Crippen LogP contribution in [0.15, 0.2) is 29.8 Å². The van der Waals surface area contributed by atoms with Crippen molar-refractivity contribution in [3.8, 4) is 5.75 Å². The number of carbonyl (C=O) groups is 2. The molecule has 0 saturated heterocycles. The maximum Gasteiger partial charge on any atom is 0.244 e. The Morgan fingerprint density at radius 1 is 1.11 bits per heavy atom. The van der Waals surface area contributed by atoms with Crippen molar-refractivity contribution < 1.29 is 14.7 Å². The minimum atomic E-state index is -0.521. The maximum absolute atomic E-state index is 11.2. The van der Waals surface area contributed by atoms with Gasteiger partial charge in [0, 0.05) is 12.0 Å². The lowest BCUT2D eigenvalue weighted by Crippen LogP contribution is -2.15. The highest BCUT2D eigenvalue weighted by molar-refractivity contribution is 5.96. The van der Waals surface area contributed by atoms with Gasteiger partial charge in [0.2, 0.25) is 11.8 Å². The number of aromatic hydroxyl groups is 1. The van der Waals surface area contributed by atoms with Crippen molar-refractivity contribution in [2.24, 2.45) is 11.5 Å². The fourth-order valence-electron chi connectivity index (χ4n) is 1.49. The topological polar surface area (TPSA) is 106 Å². The molecule has 5 heteroatoms. The summed E-state index contributed by atoms with van der Waals surface area (Å²) in [6, 6.07) is 6.39. The molecule has 5 N–H and O–H groups in total. The molecule has 0 fully saturated rings. The normalized spacial score (nSPS) is 11.2. The number of amides is 2. The van der Waals surface area contributed by atoms with Crippen LogP contribution in [0.2, 0.25) is 0 Å². The van der Waals surface area contributed by atoms with Crippen molar-refractivity contribution in [2.45, 2.75) is 19.3 Å². The fourth-order valence-corrected chi connectivity index (χ4v) is 1.49. The molecule has 96 valence electrons. The largest absolute Gasteiger partial charge is 0.508 e. The molecule has 0 saturated carbocycles. The summed E-state index contributed by atoms with van der Waals surface area (Å²) < 4.78 is 0. The van der Waals surface area contributed by atoms with Gasteiger partial charge in [0.25, 0.3) is 0 Å². The molecule has 0 radical (unpaired) electrons. The van der Waals surface area contributed by atoms with E-state index >= 15 is 0 Å². The molecule has 0 aromatic heterocycles. The first-order valence-corrected chi connectivity index (χ1v) is 5.57. The van der Waals surface area contributed by atoms with Gasteiger partial charge in [0.05, 0.1) is 0 Å². The molecule has 0 atom stereocenters. The minimum absolute atomic E-state index is 0.154. The van der Waals surface area contributed by atoms with Crippen LogP contribution < -0.4 is 11.5 Å². The van der Waals surface area contributed by atoms with E-state index < -0.39 is 11.8 Å². The van der Waals surface area contributed by atoms with Gasteiger partial charge in [-0.1, -0.05) is 12.1 Å². The lowest BCUT2D eigenvalue weighted by Gasteiger charge is -2.03. The van der Waals surface area contributed by atoms with Crippen LogP contribution in [0.5, 0.6) is 5.75 Å². The summed E-state index contributed by atoms with van der Waals surface area (Å²) in [5, 5.41) is 9.14. The Kier molecular flexibility index (Phi) is 4.92. The number of hydrogen-bond donors (Lipinski definition) is 3. The van der Waals surface area contributed by atoms with Gasteiger partial charge < -0.3 is 16.6 Å². The molecule has 1 aromatic carbocycles. The van der Waals surface area contributed by atoms with Gasteiger partial charge in [-0.2, -0.15) is 0 Å². The van der Waals surface area contributed by atoms with Crippen LogP contribution in [-0.2, 0) is 9.59 Å². The van der Waals surface area contributed by atoms with E-state index in [4.69, 9.17) is 16.6 Å². The average molecular weight is 248 g/mol. The van der Waals surface area contributed by atoms with Crippen LogP contribution in [0.25, 0.3) is 6.08 Å². The summed E-state index contributed by atoms with van der Waals surface area (Å²) in [5.74, 6) is -0.766. The standard InChI is InChI=1S/C13H16N2O3/c14-12(17)3-1-2-10(13(15)18)8-9-4-6-11(16)7-5-9/h4-8,16H,1-3H2,(H2,14,17)(H2,15,18). The molecule has 0 spiro atoms. The van der Waals surface area contributed by atoms with E-state index in [0.29, 0.717) is 18.4 Å². The number of benzene rings is 1. The molecular formula is C13H16N2O3. The average Bonchev–Trinajstić information content (AvgIpc) is 2.30. The molecule has 0 heterocycles. The molecule has 1 rings (SSSR count). The van der Waals surface area contributed by atoms with E-state index in [1.54, 1.807) is 18.2 Å². The second-order valence-corrected chi connectivity index (χ2v) is 3.95. The van der Waals surface area contributed by atoms with Gasteiger partial charge in [0.1, 0.15) is 5.75 Å². The van der Waals surface area contributed by atoms with Crippen LogP contribution in [0.1, 0.15) is 24.8 Å². The zero-order chi connectivity index (χ0) is 13.5. The summed E-state index contributed by atoms with van der Waals surface area (Å²) >= 11 is 0. The quantitative estimate of drug-likeness (QED) is 0.651. The monoisotopic (exact) mass is 248 g/mol. The number of nitrogens with two attached hydrogens (primary N) is 2. The Hall–Kier alpha value is -2.30. The zero-order valence-corrected chi connectivity index (χ0v) is 9.93. The lowest BCUT2D eigenvalue weighted by molar-refractivity contribution is -0.118. The Morgan fingerprint density at radius 2 is 1.72 bits per heavy atom. The first-order valence-electron chi connectivity index (χ1n) is 5.57. The first-order chi connectivity index (χ1) is 8.49. The van der Waals surface area contributed by atoms with Gasteiger partial charge in [-0.3, -0.25) is 9.59 Å². The van der Waals surface area contributed by atoms with Crippen molar-refractivity contribution in [2.75, 3.05) is 0 Å². The van der Waals surface area contributed by atoms with Gasteiger partial charge in [-0.15, -0.1) is 0 Å². The Bertz CT molecular complexity index is 464. The van der Waals surface area contributed by atoms with Crippen LogP contribution >= 0.6 is 0 Å². The van der Waals surface area contributed by atoms with E-state index in [-0.39, 0.29) is 12.2 Å². The SMILES string of the molecule is NC(=O)CCCC(=Cc1ccc(O)cc1)C(N)=O.